The first kappa shape index (κ1) is 23.8. The minimum absolute atomic E-state index is 0.275. The zero-order chi connectivity index (χ0) is 23.9. The number of carbonyl (C=O) groups excluding carboxylic acids is 1. The third kappa shape index (κ3) is 5.10. The van der Waals surface area contributed by atoms with Crippen molar-refractivity contribution in [3.8, 4) is 22.6 Å². The van der Waals surface area contributed by atoms with Gasteiger partial charge in [-0.25, -0.2) is 4.79 Å². The lowest BCUT2D eigenvalue weighted by Gasteiger charge is -2.16. The topological polar surface area (TPSA) is 54.0 Å². The van der Waals surface area contributed by atoms with Crippen molar-refractivity contribution in [1.82, 2.24) is 0 Å². The molecule has 0 saturated heterocycles. The van der Waals surface area contributed by atoms with Crippen LogP contribution in [0.2, 0.25) is 0 Å². The van der Waals surface area contributed by atoms with E-state index in [0.29, 0.717) is 26.2 Å². The molecule has 3 aromatic carbocycles. The van der Waals surface area contributed by atoms with Gasteiger partial charge in [0, 0.05) is 24.5 Å². The van der Waals surface area contributed by atoms with E-state index in [4.69, 9.17) is 18.9 Å². The van der Waals surface area contributed by atoms with Crippen LogP contribution in [0.4, 0.5) is 0 Å². The number of rotatable bonds is 11. The second-order valence-corrected chi connectivity index (χ2v) is 8.25. The standard InChI is InChI=1S/C29H32O5/c1-4-32-27(29(30)33-5-2)19-20-13-15-21(16-14-20)34-18-17-23-22-9-6-7-10-24(22)28-25(23)11-8-12-26(28)31-3/h6-16,23,27H,4-5,17-19H2,1-3H3. The molecule has 0 aromatic heterocycles. The molecule has 2 unspecified atom stereocenters. The Hall–Kier alpha value is -3.31. The van der Waals surface area contributed by atoms with Crippen LogP contribution in [0.25, 0.3) is 11.1 Å². The number of esters is 1. The normalized spacial score (nSPS) is 14.7. The summed E-state index contributed by atoms with van der Waals surface area (Å²) < 4.78 is 22.4. The summed E-state index contributed by atoms with van der Waals surface area (Å²) in [5, 5.41) is 0. The average Bonchev–Trinajstić information content (AvgIpc) is 3.19. The largest absolute Gasteiger partial charge is 0.496 e. The van der Waals surface area contributed by atoms with Gasteiger partial charge in [-0.05, 0) is 60.7 Å². The lowest BCUT2D eigenvalue weighted by molar-refractivity contribution is -0.156. The van der Waals surface area contributed by atoms with Crippen molar-refractivity contribution in [3.63, 3.8) is 0 Å². The molecule has 0 spiro atoms. The predicted molar refractivity (Wildman–Crippen MR) is 133 cm³/mol. The summed E-state index contributed by atoms with van der Waals surface area (Å²) >= 11 is 0. The first-order valence-corrected chi connectivity index (χ1v) is 11.9. The highest BCUT2D eigenvalue weighted by Gasteiger charge is 2.30. The highest BCUT2D eigenvalue weighted by atomic mass is 16.6. The molecule has 2 atom stereocenters. The molecule has 0 radical (unpaired) electrons. The van der Waals surface area contributed by atoms with E-state index in [0.717, 1.165) is 23.5 Å². The average molecular weight is 461 g/mol. The molecule has 0 saturated carbocycles. The number of hydrogen-bond donors (Lipinski definition) is 0. The Kier molecular flexibility index (Phi) is 7.86. The zero-order valence-corrected chi connectivity index (χ0v) is 20.1. The van der Waals surface area contributed by atoms with Crippen LogP contribution in [0.1, 0.15) is 42.9 Å². The monoisotopic (exact) mass is 460 g/mol. The molecule has 1 aliphatic rings. The first-order valence-electron chi connectivity index (χ1n) is 11.9. The Morgan fingerprint density at radius 2 is 1.68 bits per heavy atom. The van der Waals surface area contributed by atoms with Crippen LogP contribution in [0.15, 0.2) is 66.7 Å². The molecule has 0 heterocycles. The van der Waals surface area contributed by atoms with E-state index in [-0.39, 0.29) is 11.9 Å². The summed E-state index contributed by atoms with van der Waals surface area (Å²) in [7, 11) is 1.72. The minimum atomic E-state index is -0.587. The van der Waals surface area contributed by atoms with Crippen molar-refractivity contribution in [2.24, 2.45) is 0 Å². The maximum Gasteiger partial charge on any atom is 0.335 e. The molecule has 0 N–H and O–H groups in total. The van der Waals surface area contributed by atoms with E-state index < -0.39 is 6.10 Å². The molecule has 0 aliphatic heterocycles. The summed E-state index contributed by atoms with van der Waals surface area (Å²) in [6.07, 6.45) is 0.759. The number of fused-ring (bicyclic) bond motifs is 3. The molecule has 34 heavy (non-hydrogen) atoms. The second kappa shape index (κ2) is 11.2. The van der Waals surface area contributed by atoms with E-state index in [1.54, 1.807) is 14.0 Å². The fourth-order valence-corrected chi connectivity index (χ4v) is 4.68. The molecule has 3 aromatic rings. The fraction of sp³-hybridized carbons (Fsp3) is 0.345. The first-order chi connectivity index (χ1) is 16.7. The van der Waals surface area contributed by atoms with E-state index >= 15 is 0 Å². The molecule has 5 heteroatoms. The quantitative estimate of drug-likeness (QED) is 0.339. The number of carbonyl (C=O) groups is 1. The summed E-state index contributed by atoms with van der Waals surface area (Å²) in [5.41, 5.74) is 6.06. The summed E-state index contributed by atoms with van der Waals surface area (Å²) in [4.78, 5) is 12.1. The number of hydrogen-bond acceptors (Lipinski definition) is 5. The van der Waals surface area contributed by atoms with Gasteiger partial charge >= 0.3 is 5.97 Å². The maximum absolute atomic E-state index is 12.1. The van der Waals surface area contributed by atoms with Crippen molar-refractivity contribution in [2.45, 2.75) is 38.7 Å². The van der Waals surface area contributed by atoms with Crippen LogP contribution in [0.3, 0.4) is 0 Å². The van der Waals surface area contributed by atoms with Crippen LogP contribution in [0.5, 0.6) is 11.5 Å². The van der Waals surface area contributed by atoms with Crippen LogP contribution >= 0.6 is 0 Å². The smallest absolute Gasteiger partial charge is 0.335 e. The highest BCUT2D eigenvalue weighted by Crippen LogP contribution is 2.50. The van der Waals surface area contributed by atoms with Gasteiger partial charge in [-0.3, -0.25) is 0 Å². The van der Waals surface area contributed by atoms with Gasteiger partial charge < -0.3 is 18.9 Å². The number of benzene rings is 3. The molecule has 4 rings (SSSR count). The SMILES string of the molecule is CCOC(=O)C(Cc1ccc(OCCC2c3ccccc3-c3c(OC)cccc32)cc1)OCC. The van der Waals surface area contributed by atoms with Crippen molar-refractivity contribution in [1.29, 1.82) is 0 Å². The molecule has 0 fully saturated rings. The van der Waals surface area contributed by atoms with Gasteiger partial charge in [0.25, 0.3) is 0 Å². The molecular weight excluding hydrogens is 428 g/mol. The Labute approximate surface area is 201 Å². The maximum atomic E-state index is 12.1. The van der Waals surface area contributed by atoms with E-state index in [1.807, 2.05) is 37.3 Å². The van der Waals surface area contributed by atoms with Gasteiger partial charge in [-0.15, -0.1) is 0 Å². The van der Waals surface area contributed by atoms with Gasteiger partial charge in [-0.1, -0.05) is 48.5 Å². The van der Waals surface area contributed by atoms with E-state index in [9.17, 15) is 4.79 Å². The third-order valence-corrected chi connectivity index (χ3v) is 6.20. The number of ether oxygens (including phenoxy) is 4. The summed E-state index contributed by atoms with van der Waals surface area (Å²) in [6.45, 7) is 5.08. The van der Waals surface area contributed by atoms with Gasteiger partial charge in [0.1, 0.15) is 11.5 Å². The summed E-state index contributed by atoms with van der Waals surface area (Å²) in [5.74, 6) is 1.68. The molecule has 5 nitrogen and oxygen atoms in total. The minimum Gasteiger partial charge on any atom is -0.496 e. The van der Waals surface area contributed by atoms with Crippen molar-refractivity contribution < 1.29 is 23.7 Å². The van der Waals surface area contributed by atoms with E-state index in [2.05, 4.69) is 36.4 Å². The van der Waals surface area contributed by atoms with Crippen LogP contribution in [-0.4, -0.2) is 39.0 Å². The number of methoxy groups -OCH3 is 1. The molecule has 1 aliphatic carbocycles. The lowest BCUT2D eigenvalue weighted by atomic mass is 9.94. The zero-order valence-electron chi connectivity index (χ0n) is 20.1. The van der Waals surface area contributed by atoms with Crippen LogP contribution < -0.4 is 9.47 Å². The Morgan fingerprint density at radius 3 is 2.41 bits per heavy atom. The molecule has 0 amide bonds. The van der Waals surface area contributed by atoms with E-state index in [1.165, 1.54) is 22.3 Å². The van der Waals surface area contributed by atoms with Crippen LogP contribution in [-0.2, 0) is 20.7 Å². The van der Waals surface area contributed by atoms with Crippen LogP contribution in [0, 0.1) is 0 Å². The highest BCUT2D eigenvalue weighted by molar-refractivity contribution is 5.83. The Bertz CT molecular complexity index is 1110. The van der Waals surface area contributed by atoms with Crippen molar-refractivity contribution in [3.05, 3.63) is 83.4 Å². The lowest BCUT2D eigenvalue weighted by Crippen LogP contribution is -2.28. The Morgan fingerprint density at radius 1 is 0.912 bits per heavy atom. The van der Waals surface area contributed by atoms with Crippen molar-refractivity contribution in [2.75, 3.05) is 26.9 Å². The molecule has 0 bridgehead atoms. The van der Waals surface area contributed by atoms with Gasteiger partial charge in [0.15, 0.2) is 6.10 Å². The van der Waals surface area contributed by atoms with Gasteiger partial charge in [-0.2, -0.15) is 0 Å². The summed E-state index contributed by atoms with van der Waals surface area (Å²) in [6, 6.07) is 22.7. The third-order valence-electron chi connectivity index (χ3n) is 6.20. The second-order valence-electron chi connectivity index (χ2n) is 8.25. The van der Waals surface area contributed by atoms with Gasteiger partial charge in [0.05, 0.1) is 20.3 Å². The molecular formula is C29H32O5. The fourth-order valence-electron chi connectivity index (χ4n) is 4.68. The van der Waals surface area contributed by atoms with Gasteiger partial charge in [0.2, 0.25) is 0 Å². The predicted octanol–water partition coefficient (Wildman–Crippen LogP) is 5.79. The van der Waals surface area contributed by atoms with Crippen molar-refractivity contribution >= 4 is 5.97 Å². The molecule has 178 valence electrons. The Balaban J connectivity index is 1.39.